The lowest BCUT2D eigenvalue weighted by atomic mass is 9.79. The van der Waals surface area contributed by atoms with E-state index in [4.69, 9.17) is 9.31 Å². The first-order valence-corrected chi connectivity index (χ1v) is 6.02. The first-order valence-electron chi connectivity index (χ1n) is 6.02. The van der Waals surface area contributed by atoms with Gasteiger partial charge in [0.15, 0.2) is 0 Å². The molecule has 1 aliphatic heterocycles. The lowest BCUT2D eigenvalue weighted by Crippen LogP contribution is -2.52. The molecule has 0 saturated carbocycles. The maximum Gasteiger partial charge on any atom is 0.511 e. The van der Waals surface area contributed by atoms with E-state index in [1.807, 2.05) is 20.8 Å². The highest BCUT2D eigenvalue weighted by molar-refractivity contribution is 6.60. The number of carbonyl (C=O) groups is 1. The van der Waals surface area contributed by atoms with Gasteiger partial charge in [-0.1, -0.05) is 0 Å². The van der Waals surface area contributed by atoms with E-state index in [0.717, 1.165) is 12.0 Å². The fourth-order valence-electron chi connectivity index (χ4n) is 2.23. The van der Waals surface area contributed by atoms with Crippen LogP contribution in [-0.2, 0) is 14.0 Å². The normalized spacial score (nSPS) is 22.9. The zero-order valence-electron chi connectivity index (χ0n) is 11.1. The van der Waals surface area contributed by atoms with Crippen LogP contribution in [0, 0.1) is 0 Å². The molecule has 1 fully saturated rings. The summed E-state index contributed by atoms with van der Waals surface area (Å²) in [5, 5.41) is 0. The third-order valence-electron chi connectivity index (χ3n) is 2.93. The molecule has 1 unspecified atom stereocenters. The quantitative estimate of drug-likeness (QED) is 0.631. The van der Waals surface area contributed by atoms with Crippen molar-refractivity contribution in [3.8, 4) is 0 Å². The summed E-state index contributed by atoms with van der Waals surface area (Å²) in [4.78, 5) is 14.3. The van der Waals surface area contributed by atoms with E-state index in [1.54, 1.807) is 12.1 Å². The minimum atomic E-state index is -0.470. The van der Waals surface area contributed by atoms with Crippen LogP contribution in [0.4, 0.5) is 0 Å². The molecule has 98 valence electrons. The Kier molecular flexibility index (Phi) is 3.50. The van der Waals surface area contributed by atoms with Crippen molar-refractivity contribution in [2.45, 2.75) is 38.9 Å². The number of esters is 1. The van der Waals surface area contributed by atoms with Gasteiger partial charge in [0.05, 0.1) is 12.7 Å². The molecule has 1 aliphatic rings. The Balaban J connectivity index is 2.16. The average Bonchev–Trinajstić information content (AvgIpc) is 2.74. The largest absolute Gasteiger partial charge is 0.511 e. The molecular weight excluding hydrogens is 233 g/mol. The van der Waals surface area contributed by atoms with Crippen LogP contribution in [0.2, 0.25) is 0 Å². The van der Waals surface area contributed by atoms with E-state index >= 15 is 0 Å². The van der Waals surface area contributed by atoms with Gasteiger partial charge in [-0.15, -0.1) is 0 Å². The summed E-state index contributed by atoms with van der Waals surface area (Å²) in [6.07, 6.45) is 0.956. The summed E-state index contributed by atoms with van der Waals surface area (Å²) in [6, 6.07) is 3.45. The molecule has 1 saturated heterocycles. The van der Waals surface area contributed by atoms with E-state index in [2.05, 4.69) is 9.72 Å². The molecule has 2 rings (SSSR count). The molecule has 0 aliphatic carbocycles. The number of rotatable bonds is 2. The average molecular weight is 251 g/mol. The minimum Gasteiger partial charge on any atom is -0.464 e. The number of H-pyrrole nitrogens is 1. The number of hydrogen-bond acceptors (Lipinski definition) is 4. The Labute approximate surface area is 107 Å². The molecule has 6 heteroatoms. The Morgan fingerprint density at radius 2 is 2.28 bits per heavy atom. The molecule has 1 atom stereocenters. The molecule has 0 amide bonds. The van der Waals surface area contributed by atoms with Gasteiger partial charge < -0.3 is 19.0 Å². The third-order valence-corrected chi connectivity index (χ3v) is 2.93. The minimum absolute atomic E-state index is 0.114. The fourth-order valence-corrected chi connectivity index (χ4v) is 2.23. The SMILES string of the molecule is COC(=O)c1ccc(B2OC(C)CC(C)(C)O2)[nH]1. The van der Waals surface area contributed by atoms with Crippen LogP contribution >= 0.6 is 0 Å². The number of carbonyl (C=O) groups excluding carboxylic acids is 1. The highest BCUT2D eigenvalue weighted by atomic mass is 16.6. The van der Waals surface area contributed by atoms with Gasteiger partial charge in [0.25, 0.3) is 0 Å². The van der Waals surface area contributed by atoms with Crippen molar-refractivity contribution in [3.63, 3.8) is 0 Å². The highest BCUT2D eigenvalue weighted by Crippen LogP contribution is 2.25. The van der Waals surface area contributed by atoms with Gasteiger partial charge in [0.2, 0.25) is 0 Å². The molecule has 0 radical (unpaired) electrons. The summed E-state index contributed by atoms with van der Waals surface area (Å²) in [5.74, 6) is -0.399. The predicted octanol–water partition coefficient (Wildman–Crippen LogP) is 1.10. The van der Waals surface area contributed by atoms with E-state index in [0.29, 0.717) is 5.69 Å². The van der Waals surface area contributed by atoms with Gasteiger partial charge in [-0.3, -0.25) is 0 Å². The van der Waals surface area contributed by atoms with Crippen LogP contribution in [0.25, 0.3) is 0 Å². The third kappa shape index (κ3) is 2.76. The Morgan fingerprint density at radius 3 is 2.89 bits per heavy atom. The second kappa shape index (κ2) is 4.78. The van der Waals surface area contributed by atoms with Crippen molar-refractivity contribution in [1.29, 1.82) is 0 Å². The van der Waals surface area contributed by atoms with E-state index in [9.17, 15) is 4.79 Å². The van der Waals surface area contributed by atoms with Crippen molar-refractivity contribution < 1.29 is 18.8 Å². The number of ether oxygens (including phenoxy) is 1. The van der Waals surface area contributed by atoms with Crippen molar-refractivity contribution in [2.24, 2.45) is 0 Å². The summed E-state index contributed by atoms with van der Waals surface area (Å²) in [7, 11) is 0.879. The van der Waals surface area contributed by atoms with Gasteiger partial charge in [-0.25, -0.2) is 4.79 Å². The van der Waals surface area contributed by atoms with Gasteiger partial charge in [0, 0.05) is 11.7 Å². The van der Waals surface area contributed by atoms with Crippen molar-refractivity contribution >= 4 is 18.7 Å². The summed E-state index contributed by atoms with van der Waals surface area (Å²) >= 11 is 0. The van der Waals surface area contributed by atoms with Gasteiger partial charge in [-0.2, -0.15) is 0 Å². The van der Waals surface area contributed by atoms with Crippen molar-refractivity contribution in [3.05, 3.63) is 17.8 Å². The molecular formula is C12H18BNO4. The number of nitrogens with one attached hydrogen (secondary N) is 1. The van der Waals surface area contributed by atoms with Crippen LogP contribution < -0.4 is 5.59 Å². The molecule has 0 bridgehead atoms. The first kappa shape index (κ1) is 13.2. The first-order chi connectivity index (χ1) is 8.41. The smallest absolute Gasteiger partial charge is 0.464 e. The number of aromatic nitrogens is 1. The van der Waals surface area contributed by atoms with Gasteiger partial charge >= 0.3 is 13.1 Å². The molecule has 2 heterocycles. The molecule has 0 spiro atoms. The molecule has 5 nitrogen and oxygen atoms in total. The highest BCUT2D eigenvalue weighted by Gasteiger charge is 2.39. The topological polar surface area (TPSA) is 60.6 Å². The van der Waals surface area contributed by atoms with Gasteiger partial charge in [-0.05, 0) is 39.3 Å². The lowest BCUT2D eigenvalue weighted by Gasteiger charge is -2.37. The maximum atomic E-state index is 11.4. The predicted molar refractivity (Wildman–Crippen MR) is 67.8 cm³/mol. The maximum absolute atomic E-state index is 11.4. The van der Waals surface area contributed by atoms with Crippen LogP contribution in [0.3, 0.4) is 0 Å². The second-order valence-electron chi connectivity index (χ2n) is 5.18. The Morgan fingerprint density at radius 1 is 1.56 bits per heavy atom. The number of aromatic amines is 1. The van der Waals surface area contributed by atoms with E-state index < -0.39 is 13.1 Å². The van der Waals surface area contributed by atoms with Crippen LogP contribution in [-0.4, -0.2) is 36.9 Å². The second-order valence-corrected chi connectivity index (χ2v) is 5.18. The number of methoxy groups -OCH3 is 1. The molecule has 18 heavy (non-hydrogen) atoms. The van der Waals surface area contributed by atoms with Crippen molar-refractivity contribution in [2.75, 3.05) is 7.11 Å². The molecule has 1 N–H and O–H groups in total. The Bertz CT molecular complexity index is 443. The van der Waals surface area contributed by atoms with Crippen LogP contribution in [0.5, 0.6) is 0 Å². The summed E-state index contributed by atoms with van der Waals surface area (Å²) < 4.78 is 16.2. The zero-order chi connectivity index (χ0) is 13.3. The molecule has 0 aromatic carbocycles. The Hall–Kier alpha value is -1.27. The van der Waals surface area contributed by atoms with Crippen LogP contribution in [0.15, 0.2) is 12.1 Å². The lowest BCUT2D eigenvalue weighted by molar-refractivity contribution is -0.0232. The summed E-state index contributed by atoms with van der Waals surface area (Å²) in [5.41, 5.74) is 0.893. The van der Waals surface area contributed by atoms with Crippen molar-refractivity contribution in [1.82, 2.24) is 4.98 Å². The van der Waals surface area contributed by atoms with Gasteiger partial charge in [0.1, 0.15) is 5.69 Å². The van der Waals surface area contributed by atoms with E-state index in [-0.39, 0.29) is 11.7 Å². The molecule has 1 aromatic rings. The molecule has 1 aromatic heterocycles. The van der Waals surface area contributed by atoms with Crippen LogP contribution in [0.1, 0.15) is 37.7 Å². The number of hydrogen-bond donors (Lipinski definition) is 1. The standard InChI is InChI=1S/C12H18BNO4/c1-8-7-12(2,3)18-13(17-8)10-6-5-9(14-10)11(15)16-4/h5-6,8,14H,7H2,1-4H3. The summed E-state index contributed by atoms with van der Waals surface area (Å²) in [6.45, 7) is 6.08. The monoisotopic (exact) mass is 251 g/mol. The zero-order valence-corrected chi connectivity index (χ0v) is 11.1. The fraction of sp³-hybridized carbons (Fsp3) is 0.583. The van der Waals surface area contributed by atoms with E-state index in [1.165, 1.54) is 7.11 Å².